The third-order valence-corrected chi connectivity index (χ3v) is 4.07. The van der Waals surface area contributed by atoms with Crippen LogP contribution in [0.1, 0.15) is 50.6 Å². The first-order valence-electron chi connectivity index (χ1n) is 7.67. The van der Waals surface area contributed by atoms with Crippen molar-refractivity contribution in [3.8, 4) is 0 Å². The molecule has 0 bridgehead atoms. The van der Waals surface area contributed by atoms with Gasteiger partial charge in [-0.3, -0.25) is 4.79 Å². The van der Waals surface area contributed by atoms with Gasteiger partial charge in [-0.1, -0.05) is 32.1 Å². The summed E-state index contributed by atoms with van der Waals surface area (Å²) >= 11 is 0. The van der Waals surface area contributed by atoms with Gasteiger partial charge >= 0.3 is 5.97 Å². The molecule has 0 aromatic carbocycles. The fraction of sp³-hybridized carbons (Fsp3) is 0.667. The Morgan fingerprint density at radius 3 is 2.52 bits per heavy atom. The van der Waals surface area contributed by atoms with Crippen LogP contribution in [-0.2, 0) is 16.0 Å². The zero-order valence-corrected chi connectivity index (χ0v) is 12.2. The first kappa shape index (κ1) is 15.5. The van der Waals surface area contributed by atoms with Crippen molar-refractivity contribution in [3.63, 3.8) is 0 Å². The lowest BCUT2D eigenvalue weighted by molar-refractivity contribution is -0.142. The number of H-pyrrole nitrogens is 1. The van der Waals surface area contributed by atoms with Crippen molar-refractivity contribution >= 4 is 11.9 Å². The molecule has 1 saturated carbocycles. The number of nitrogens with zero attached hydrogens (tertiary/aromatic N) is 1. The van der Waals surface area contributed by atoms with E-state index in [1.807, 2.05) is 0 Å². The Bertz CT molecular complexity index is 451. The third-order valence-electron chi connectivity index (χ3n) is 4.07. The highest BCUT2D eigenvalue weighted by atomic mass is 16.4. The lowest BCUT2D eigenvalue weighted by Gasteiger charge is -2.21. The first-order valence-corrected chi connectivity index (χ1v) is 7.67. The van der Waals surface area contributed by atoms with Crippen LogP contribution in [0, 0.1) is 5.92 Å². The van der Waals surface area contributed by atoms with Crippen LogP contribution >= 0.6 is 0 Å². The summed E-state index contributed by atoms with van der Waals surface area (Å²) in [6, 6.07) is -0.900. The fourth-order valence-corrected chi connectivity index (χ4v) is 2.82. The van der Waals surface area contributed by atoms with Crippen LogP contribution in [0.2, 0.25) is 0 Å². The number of carboxylic acid groups (broad SMARTS) is 1. The molecule has 6 heteroatoms. The van der Waals surface area contributed by atoms with E-state index < -0.39 is 12.0 Å². The lowest BCUT2D eigenvalue weighted by atomic mass is 9.90. The van der Waals surface area contributed by atoms with Crippen LogP contribution in [0.25, 0.3) is 0 Å². The summed E-state index contributed by atoms with van der Waals surface area (Å²) in [5, 5.41) is 12.0. The number of rotatable bonds is 5. The van der Waals surface area contributed by atoms with Crippen molar-refractivity contribution in [2.75, 3.05) is 0 Å². The Kier molecular flexibility index (Phi) is 5.78. The Hall–Kier alpha value is -1.85. The zero-order valence-electron chi connectivity index (χ0n) is 12.2. The number of hydrogen-bond donors (Lipinski definition) is 3. The van der Waals surface area contributed by atoms with Crippen LogP contribution < -0.4 is 5.32 Å². The monoisotopic (exact) mass is 293 g/mol. The number of aromatic amines is 1. The van der Waals surface area contributed by atoms with Crippen molar-refractivity contribution in [1.82, 2.24) is 15.3 Å². The number of hydrogen-bond acceptors (Lipinski definition) is 3. The summed E-state index contributed by atoms with van der Waals surface area (Å²) in [5.41, 5.74) is 0.709. The molecule has 1 aromatic rings. The zero-order chi connectivity index (χ0) is 15.1. The van der Waals surface area contributed by atoms with E-state index in [1.165, 1.54) is 25.6 Å². The van der Waals surface area contributed by atoms with E-state index in [0.29, 0.717) is 5.69 Å². The molecule has 1 amide bonds. The van der Waals surface area contributed by atoms with Gasteiger partial charge in [0.05, 0.1) is 6.33 Å². The second-order valence-electron chi connectivity index (χ2n) is 5.72. The number of carbonyl (C=O) groups excluding carboxylic acids is 1. The van der Waals surface area contributed by atoms with Gasteiger partial charge in [-0.2, -0.15) is 0 Å². The molecule has 0 unspecified atom stereocenters. The molecule has 1 atom stereocenters. The smallest absolute Gasteiger partial charge is 0.326 e. The molecule has 1 heterocycles. The van der Waals surface area contributed by atoms with Crippen LogP contribution in [-0.4, -0.2) is 33.0 Å². The Balaban J connectivity index is 1.91. The van der Waals surface area contributed by atoms with E-state index in [-0.39, 0.29) is 18.2 Å². The van der Waals surface area contributed by atoms with Gasteiger partial charge in [0.2, 0.25) is 5.91 Å². The van der Waals surface area contributed by atoms with Gasteiger partial charge < -0.3 is 15.4 Å². The highest BCUT2D eigenvalue weighted by molar-refractivity contribution is 5.85. The average molecular weight is 293 g/mol. The first-order chi connectivity index (χ1) is 10.2. The number of aliphatic carboxylic acids is 1. The van der Waals surface area contributed by atoms with E-state index in [4.69, 9.17) is 0 Å². The molecule has 1 fully saturated rings. The molecular weight excluding hydrogens is 270 g/mol. The predicted molar refractivity (Wildman–Crippen MR) is 77.7 cm³/mol. The number of carboxylic acids is 1. The van der Waals surface area contributed by atoms with Gasteiger partial charge in [-0.05, 0) is 12.8 Å². The molecule has 21 heavy (non-hydrogen) atoms. The molecule has 0 saturated heterocycles. The van der Waals surface area contributed by atoms with Crippen molar-refractivity contribution in [2.45, 2.75) is 57.4 Å². The standard InChI is InChI=1S/C15H23N3O3/c19-14(11-6-4-2-1-3-5-7-11)18-13(15(20)21)8-12-9-16-10-17-12/h9-11,13H,1-8H2,(H,16,17)(H,18,19)(H,20,21)/t13-/m0/s1. The number of imidazole rings is 1. The molecular formula is C15H23N3O3. The molecule has 1 aromatic heterocycles. The average Bonchev–Trinajstić information content (AvgIpc) is 2.90. The minimum Gasteiger partial charge on any atom is -0.480 e. The van der Waals surface area contributed by atoms with Gasteiger partial charge in [0.15, 0.2) is 0 Å². The van der Waals surface area contributed by atoms with Crippen molar-refractivity contribution in [1.29, 1.82) is 0 Å². The maximum atomic E-state index is 12.3. The quantitative estimate of drug-likeness (QED) is 0.772. The maximum Gasteiger partial charge on any atom is 0.326 e. The molecule has 6 nitrogen and oxygen atoms in total. The van der Waals surface area contributed by atoms with E-state index in [2.05, 4.69) is 15.3 Å². The third kappa shape index (κ3) is 4.88. The molecule has 1 aliphatic carbocycles. The van der Waals surface area contributed by atoms with Crippen LogP contribution in [0.3, 0.4) is 0 Å². The van der Waals surface area contributed by atoms with Gasteiger partial charge in [-0.25, -0.2) is 9.78 Å². The lowest BCUT2D eigenvalue weighted by Crippen LogP contribution is -2.45. The molecule has 2 rings (SSSR count). The second kappa shape index (κ2) is 7.81. The number of nitrogens with one attached hydrogen (secondary N) is 2. The summed E-state index contributed by atoms with van der Waals surface area (Å²) in [4.78, 5) is 30.4. The minimum absolute atomic E-state index is 0.0473. The maximum absolute atomic E-state index is 12.3. The summed E-state index contributed by atoms with van der Waals surface area (Å²) in [7, 11) is 0. The summed E-state index contributed by atoms with van der Waals surface area (Å²) in [6.45, 7) is 0. The minimum atomic E-state index is -1.01. The normalized spacial score (nSPS) is 18.5. The summed E-state index contributed by atoms with van der Waals surface area (Å²) < 4.78 is 0. The summed E-state index contributed by atoms with van der Waals surface area (Å²) in [5.74, 6) is -1.18. The largest absolute Gasteiger partial charge is 0.480 e. The van der Waals surface area contributed by atoms with Crippen LogP contribution in [0.4, 0.5) is 0 Å². The molecule has 1 aliphatic rings. The van der Waals surface area contributed by atoms with E-state index in [9.17, 15) is 14.7 Å². The van der Waals surface area contributed by atoms with Gasteiger partial charge in [-0.15, -0.1) is 0 Å². The topological polar surface area (TPSA) is 95.1 Å². The fourth-order valence-electron chi connectivity index (χ4n) is 2.82. The van der Waals surface area contributed by atoms with Gasteiger partial charge in [0, 0.05) is 24.2 Å². The highest BCUT2D eigenvalue weighted by Gasteiger charge is 2.26. The Labute approximate surface area is 124 Å². The molecule has 116 valence electrons. The van der Waals surface area contributed by atoms with Gasteiger partial charge in [0.25, 0.3) is 0 Å². The van der Waals surface area contributed by atoms with Crippen LogP contribution in [0.15, 0.2) is 12.5 Å². The van der Waals surface area contributed by atoms with E-state index in [0.717, 1.165) is 25.7 Å². The Morgan fingerprint density at radius 2 is 1.95 bits per heavy atom. The molecule has 0 radical (unpaired) electrons. The number of aromatic nitrogens is 2. The van der Waals surface area contributed by atoms with Gasteiger partial charge in [0.1, 0.15) is 6.04 Å². The Morgan fingerprint density at radius 1 is 1.29 bits per heavy atom. The summed E-state index contributed by atoms with van der Waals surface area (Å²) in [6.07, 6.45) is 10.7. The second-order valence-corrected chi connectivity index (χ2v) is 5.72. The van der Waals surface area contributed by atoms with Crippen molar-refractivity contribution in [3.05, 3.63) is 18.2 Å². The number of carbonyl (C=O) groups is 2. The molecule has 0 spiro atoms. The highest BCUT2D eigenvalue weighted by Crippen LogP contribution is 2.22. The predicted octanol–water partition coefficient (Wildman–Crippen LogP) is 1.88. The van der Waals surface area contributed by atoms with E-state index in [1.54, 1.807) is 6.20 Å². The number of amides is 1. The van der Waals surface area contributed by atoms with E-state index >= 15 is 0 Å². The van der Waals surface area contributed by atoms with Crippen LogP contribution in [0.5, 0.6) is 0 Å². The molecule has 3 N–H and O–H groups in total. The van der Waals surface area contributed by atoms with Crippen molar-refractivity contribution < 1.29 is 14.7 Å². The molecule has 0 aliphatic heterocycles. The van der Waals surface area contributed by atoms with Crippen molar-refractivity contribution in [2.24, 2.45) is 5.92 Å². The SMILES string of the molecule is O=C(N[C@@H](Cc1cnc[nH]1)C(=O)O)C1CCCCCCC1.